The molecule has 1 amide bonds. The first-order chi connectivity index (χ1) is 11.4. The zero-order chi connectivity index (χ0) is 17.3. The molecule has 0 aromatic carbocycles. The van der Waals surface area contributed by atoms with Gasteiger partial charge in [-0.25, -0.2) is 0 Å². The first-order valence-corrected chi connectivity index (χ1v) is 10.3. The summed E-state index contributed by atoms with van der Waals surface area (Å²) in [4.78, 5) is 14.4. The van der Waals surface area contributed by atoms with Gasteiger partial charge in [0.25, 0.3) is 0 Å². The van der Waals surface area contributed by atoms with Crippen LogP contribution in [-0.4, -0.2) is 19.5 Å². The summed E-state index contributed by atoms with van der Waals surface area (Å²) in [6, 6.07) is 0. The average molecular weight is 349 g/mol. The normalized spacial score (nSPS) is 26.0. The molecule has 2 N–H and O–H groups in total. The van der Waals surface area contributed by atoms with Gasteiger partial charge < -0.3 is 10.6 Å². The highest BCUT2D eigenvalue weighted by atomic mass is 32.1. The van der Waals surface area contributed by atoms with Crippen molar-refractivity contribution >= 4 is 22.2 Å². The minimum absolute atomic E-state index is 0.168. The second-order valence-corrected chi connectivity index (χ2v) is 9.60. The number of fused-ring (bicyclic) bond motifs is 1. The largest absolute Gasteiger partial charge is 0.319 e. The van der Waals surface area contributed by atoms with Crippen LogP contribution in [0.4, 0.5) is 5.00 Å². The van der Waals surface area contributed by atoms with Gasteiger partial charge in [0.1, 0.15) is 0 Å². The first-order valence-electron chi connectivity index (χ1n) is 9.48. The van der Waals surface area contributed by atoms with Gasteiger partial charge in [0, 0.05) is 10.8 Å². The topological polar surface area (TPSA) is 41.1 Å². The van der Waals surface area contributed by atoms with E-state index < -0.39 is 0 Å². The number of thiophene rings is 1. The Labute approximate surface area is 150 Å². The Hall–Kier alpha value is -0.870. The van der Waals surface area contributed by atoms with Crippen LogP contribution in [0.3, 0.4) is 0 Å². The van der Waals surface area contributed by atoms with Crippen molar-refractivity contribution in [3.63, 3.8) is 0 Å². The van der Waals surface area contributed by atoms with E-state index in [-0.39, 0.29) is 11.8 Å². The number of hydrogen-bond acceptors (Lipinski definition) is 3. The molecule has 3 nitrogen and oxygen atoms in total. The van der Waals surface area contributed by atoms with E-state index in [9.17, 15) is 4.79 Å². The predicted octanol–water partition coefficient (Wildman–Crippen LogP) is 4.54. The Morgan fingerprint density at radius 1 is 1.29 bits per heavy atom. The van der Waals surface area contributed by atoms with Crippen molar-refractivity contribution in [1.29, 1.82) is 0 Å². The average Bonchev–Trinajstić information content (AvgIpc) is 2.83. The number of aryl methyl sites for hydroxylation is 1. The Morgan fingerprint density at radius 2 is 2.04 bits per heavy atom. The standard InChI is InChI=1S/C20H32N2OS/c1-13-16-11-20(2,3)10-9-17(16)24-19(13)22-18(23)15-8-6-5-7-14(15)12-21-4/h14-15,21H,5-12H2,1-4H3,(H,22,23). The highest BCUT2D eigenvalue weighted by molar-refractivity contribution is 7.16. The molecule has 1 heterocycles. The number of anilines is 1. The number of carbonyl (C=O) groups is 1. The van der Waals surface area contributed by atoms with E-state index in [2.05, 4.69) is 31.4 Å². The lowest BCUT2D eigenvalue weighted by Crippen LogP contribution is -2.36. The molecule has 1 aromatic heterocycles. The van der Waals surface area contributed by atoms with Crippen molar-refractivity contribution in [3.8, 4) is 0 Å². The lowest BCUT2D eigenvalue weighted by molar-refractivity contribution is -0.122. The predicted molar refractivity (Wildman–Crippen MR) is 103 cm³/mol. The van der Waals surface area contributed by atoms with Gasteiger partial charge in [0.05, 0.1) is 5.00 Å². The zero-order valence-corrected chi connectivity index (χ0v) is 16.4. The van der Waals surface area contributed by atoms with Gasteiger partial charge in [-0.05, 0) is 75.1 Å². The maximum atomic E-state index is 12.9. The summed E-state index contributed by atoms with van der Waals surface area (Å²) in [5, 5.41) is 7.68. The molecule has 0 bridgehead atoms. The van der Waals surface area contributed by atoms with Crippen molar-refractivity contribution in [2.24, 2.45) is 17.3 Å². The third-order valence-electron chi connectivity index (χ3n) is 5.99. The van der Waals surface area contributed by atoms with E-state index in [1.54, 1.807) is 0 Å². The van der Waals surface area contributed by atoms with Crippen LogP contribution < -0.4 is 10.6 Å². The number of nitrogens with one attached hydrogen (secondary N) is 2. The van der Waals surface area contributed by atoms with Crippen molar-refractivity contribution in [2.75, 3.05) is 18.9 Å². The minimum Gasteiger partial charge on any atom is -0.319 e. The van der Waals surface area contributed by atoms with Crippen LogP contribution in [0.25, 0.3) is 0 Å². The fourth-order valence-corrected chi connectivity index (χ4v) is 5.67. The van der Waals surface area contributed by atoms with Crippen LogP contribution in [0.15, 0.2) is 0 Å². The van der Waals surface area contributed by atoms with Crippen LogP contribution in [0, 0.1) is 24.2 Å². The fourth-order valence-electron chi connectivity index (χ4n) is 4.44. The molecule has 0 saturated heterocycles. The summed E-state index contributed by atoms with van der Waals surface area (Å²) < 4.78 is 0. The van der Waals surface area contributed by atoms with Crippen molar-refractivity contribution in [1.82, 2.24) is 5.32 Å². The Bertz CT molecular complexity index is 603. The van der Waals surface area contributed by atoms with Crippen LogP contribution in [0.5, 0.6) is 0 Å². The second kappa shape index (κ2) is 7.17. The van der Waals surface area contributed by atoms with E-state index in [0.29, 0.717) is 11.3 Å². The quantitative estimate of drug-likeness (QED) is 0.839. The molecule has 24 heavy (non-hydrogen) atoms. The molecule has 0 radical (unpaired) electrons. The molecule has 1 saturated carbocycles. The monoisotopic (exact) mass is 348 g/mol. The molecule has 1 aromatic rings. The summed E-state index contributed by atoms with van der Waals surface area (Å²) in [6.07, 6.45) is 8.22. The highest BCUT2D eigenvalue weighted by Crippen LogP contribution is 2.43. The van der Waals surface area contributed by atoms with Gasteiger partial charge in [0.2, 0.25) is 5.91 Å². The van der Waals surface area contributed by atoms with Gasteiger partial charge in [-0.2, -0.15) is 0 Å². The summed E-state index contributed by atoms with van der Waals surface area (Å²) in [6.45, 7) is 7.86. The number of rotatable bonds is 4. The molecule has 0 aliphatic heterocycles. The van der Waals surface area contributed by atoms with Crippen molar-refractivity contribution in [2.45, 2.75) is 65.7 Å². The molecule has 4 heteroatoms. The van der Waals surface area contributed by atoms with Crippen LogP contribution in [0.1, 0.15) is 62.0 Å². The summed E-state index contributed by atoms with van der Waals surface area (Å²) in [5.41, 5.74) is 3.21. The minimum atomic E-state index is 0.168. The van der Waals surface area contributed by atoms with E-state index in [0.717, 1.165) is 30.8 Å². The van der Waals surface area contributed by atoms with Crippen LogP contribution in [-0.2, 0) is 17.6 Å². The maximum absolute atomic E-state index is 12.9. The molecule has 2 aliphatic rings. The molecule has 3 rings (SSSR count). The maximum Gasteiger partial charge on any atom is 0.228 e. The molecule has 2 unspecified atom stereocenters. The SMILES string of the molecule is CNCC1CCCCC1C(=O)Nc1sc2c(c1C)CC(C)(C)CC2. The highest BCUT2D eigenvalue weighted by Gasteiger charge is 2.33. The summed E-state index contributed by atoms with van der Waals surface area (Å²) in [7, 11) is 1.99. The Balaban J connectivity index is 1.74. The number of hydrogen-bond donors (Lipinski definition) is 2. The van der Waals surface area contributed by atoms with Gasteiger partial charge in [0.15, 0.2) is 0 Å². The van der Waals surface area contributed by atoms with E-state index in [1.807, 2.05) is 18.4 Å². The van der Waals surface area contributed by atoms with Gasteiger partial charge >= 0.3 is 0 Å². The molecule has 1 fully saturated rings. The third kappa shape index (κ3) is 3.70. The van der Waals surface area contributed by atoms with Gasteiger partial charge in [-0.15, -0.1) is 11.3 Å². The molecule has 0 spiro atoms. The van der Waals surface area contributed by atoms with Crippen molar-refractivity contribution in [3.05, 3.63) is 16.0 Å². The first kappa shape index (κ1) is 17.9. The van der Waals surface area contributed by atoms with Gasteiger partial charge in [-0.3, -0.25) is 4.79 Å². The third-order valence-corrected chi connectivity index (χ3v) is 7.30. The van der Waals surface area contributed by atoms with Gasteiger partial charge in [-0.1, -0.05) is 26.7 Å². The zero-order valence-electron chi connectivity index (χ0n) is 15.6. The van der Waals surface area contributed by atoms with E-state index in [4.69, 9.17) is 0 Å². The smallest absolute Gasteiger partial charge is 0.228 e. The second-order valence-electron chi connectivity index (χ2n) is 8.50. The number of amides is 1. The molecular weight excluding hydrogens is 316 g/mol. The van der Waals surface area contributed by atoms with Crippen molar-refractivity contribution < 1.29 is 4.79 Å². The van der Waals surface area contributed by atoms with Crippen LogP contribution >= 0.6 is 11.3 Å². The molecule has 2 aliphatic carbocycles. The summed E-state index contributed by atoms with van der Waals surface area (Å²) in [5.74, 6) is 0.898. The molecule has 134 valence electrons. The van der Waals surface area contributed by atoms with Crippen LogP contribution in [0.2, 0.25) is 0 Å². The lowest BCUT2D eigenvalue weighted by Gasteiger charge is -2.30. The molecule has 2 atom stereocenters. The number of carbonyl (C=O) groups excluding carboxylic acids is 1. The molecular formula is C20H32N2OS. The van der Waals surface area contributed by atoms with E-state index >= 15 is 0 Å². The Morgan fingerprint density at radius 3 is 2.79 bits per heavy atom. The fraction of sp³-hybridized carbons (Fsp3) is 0.750. The summed E-state index contributed by atoms with van der Waals surface area (Å²) >= 11 is 1.82. The van der Waals surface area contributed by atoms with E-state index in [1.165, 1.54) is 41.7 Å². The lowest BCUT2D eigenvalue weighted by atomic mass is 9.76. The Kier molecular flexibility index (Phi) is 5.36.